The first-order chi connectivity index (χ1) is 31.9. The highest BCUT2D eigenvalue weighted by Crippen LogP contribution is 2.08. The standard InChI is InChI=1S/C38H70N14O16/c1-17(2)11-23(37(67)68)48-36(66)28(18(3)57)52-32(62)22(12-27(41)58)47-34(64)25(15-55)51-35(65)26(16-56)50-31(61)21(8-6-10-44-38(42)43)45-30(60)20(7-4-5-9-39)46-33(63)24(14-54)49-29(59)19(40)13-53/h17-26,28,53-57H,4-16,39-40H2,1-3H3,(H2,41,58)(H,45,60)(H,46,63)(H,47,64)(H,48,66)(H,49,59)(H,50,61)(H,51,65)(H,52,62)(H,67,68)(H4,42,43,44)/t18-,19+,20+,21+,22+,23+,24+,25+,26+,28+/m1/s1. The van der Waals surface area contributed by atoms with Gasteiger partial charge in [0.05, 0.1) is 39.0 Å². The molecule has 388 valence electrons. The van der Waals surface area contributed by atoms with E-state index in [1.165, 1.54) is 0 Å². The summed E-state index contributed by atoms with van der Waals surface area (Å²) in [5, 5.41) is 76.4. The Balaban J connectivity index is 6.35. The smallest absolute Gasteiger partial charge is 0.326 e. The Morgan fingerprint density at radius 3 is 1.29 bits per heavy atom. The zero-order chi connectivity index (χ0) is 52.3. The SMILES string of the molecule is CC(C)C[C@H](NC(=O)[C@@H](NC(=O)[C@H](CC(N)=O)NC(=O)[C@H](CO)NC(=O)[C@H](CO)NC(=O)[C@H](CCCN=C(N)N)NC(=O)[C@H](CCCCN)NC(=O)[C@H](CO)NC(=O)[C@@H](N)CO)[C@@H](C)O)C(=O)O. The van der Waals surface area contributed by atoms with Crippen molar-refractivity contribution in [3.63, 3.8) is 0 Å². The van der Waals surface area contributed by atoms with Crippen LogP contribution in [0.1, 0.15) is 65.7 Å². The van der Waals surface area contributed by atoms with Gasteiger partial charge in [0.15, 0.2) is 5.96 Å². The maximum Gasteiger partial charge on any atom is 0.326 e. The van der Waals surface area contributed by atoms with Crippen molar-refractivity contribution in [3.8, 4) is 0 Å². The first-order valence-electron chi connectivity index (χ1n) is 21.4. The summed E-state index contributed by atoms with van der Waals surface area (Å²) in [4.78, 5) is 133. The van der Waals surface area contributed by atoms with Gasteiger partial charge >= 0.3 is 5.97 Å². The van der Waals surface area contributed by atoms with Crippen LogP contribution < -0.4 is 71.2 Å². The lowest BCUT2D eigenvalue weighted by atomic mass is 10.0. The Bertz CT molecular complexity index is 1730. The van der Waals surface area contributed by atoms with Crippen LogP contribution in [0.5, 0.6) is 0 Å². The summed E-state index contributed by atoms with van der Waals surface area (Å²) in [6.45, 7) is 0.527. The molecular weight excluding hydrogens is 908 g/mol. The third kappa shape index (κ3) is 23.4. The number of amides is 9. The van der Waals surface area contributed by atoms with E-state index in [0.29, 0.717) is 6.42 Å². The third-order valence-corrected chi connectivity index (χ3v) is 9.56. The minimum absolute atomic E-state index is 0.0199. The van der Waals surface area contributed by atoms with E-state index >= 15 is 0 Å². The highest BCUT2D eigenvalue weighted by Gasteiger charge is 2.36. The van der Waals surface area contributed by atoms with Gasteiger partial charge in [0.25, 0.3) is 0 Å². The van der Waals surface area contributed by atoms with E-state index in [0.717, 1.165) is 6.92 Å². The van der Waals surface area contributed by atoms with Crippen molar-refractivity contribution in [2.75, 3.05) is 39.5 Å². The maximum atomic E-state index is 13.7. The monoisotopic (exact) mass is 979 g/mol. The zero-order valence-corrected chi connectivity index (χ0v) is 38.1. The first kappa shape index (κ1) is 61.7. The normalized spacial score (nSPS) is 15.5. The Hall–Kier alpha value is -6.31. The van der Waals surface area contributed by atoms with E-state index in [1.807, 2.05) is 0 Å². The van der Waals surface area contributed by atoms with Crippen LogP contribution in [-0.4, -0.2) is 196 Å². The van der Waals surface area contributed by atoms with Crippen molar-refractivity contribution >= 4 is 65.1 Å². The molecule has 0 aliphatic heterocycles. The number of hydrogen-bond donors (Lipinski definition) is 19. The number of carbonyl (C=O) groups excluding carboxylic acids is 9. The number of rotatable bonds is 34. The van der Waals surface area contributed by atoms with Crippen LogP contribution in [0.3, 0.4) is 0 Å². The van der Waals surface area contributed by atoms with E-state index in [-0.39, 0.29) is 57.1 Å². The number of aliphatic carboxylic acids is 1. The Labute approximate surface area is 391 Å². The number of hydrogen-bond acceptors (Lipinski definition) is 18. The summed E-state index contributed by atoms with van der Waals surface area (Å²) in [5.41, 5.74) is 27.1. The van der Waals surface area contributed by atoms with E-state index in [9.17, 15) is 73.5 Å². The van der Waals surface area contributed by atoms with E-state index < -0.39 is 152 Å². The molecule has 0 unspecified atom stereocenters. The lowest BCUT2D eigenvalue weighted by Gasteiger charge is -2.27. The van der Waals surface area contributed by atoms with E-state index in [4.69, 9.17) is 33.8 Å². The molecule has 30 nitrogen and oxygen atoms in total. The molecule has 0 radical (unpaired) electrons. The number of aliphatic hydroxyl groups is 5. The van der Waals surface area contributed by atoms with Gasteiger partial charge in [0.1, 0.15) is 54.4 Å². The fourth-order valence-corrected chi connectivity index (χ4v) is 5.86. The van der Waals surface area contributed by atoms with Gasteiger partial charge < -0.3 is 102 Å². The van der Waals surface area contributed by atoms with Gasteiger partial charge in [-0.05, 0) is 57.9 Å². The van der Waals surface area contributed by atoms with Crippen molar-refractivity contribution in [1.82, 2.24) is 42.5 Å². The highest BCUT2D eigenvalue weighted by atomic mass is 16.4. The largest absolute Gasteiger partial charge is 0.480 e. The fourth-order valence-electron chi connectivity index (χ4n) is 5.86. The number of carboxylic acids is 1. The van der Waals surface area contributed by atoms with Crippen molar-refractivity contribution < 1.29 is 78.6 Å². The molecular formula is C38H70N14O16. The number of primary amides is 1. The molecule has 0 saturated carbocycles. The molecule has 0 heterocycles. The van der Waals surface area contributed by atoms with Crippen LogP contribution in [0.4, 0.5) is 0 Å². The van der Waals surface area contributed by atoms with Crippen molar-refractivity contribution in [1.29, 1.82) is 0 Å². The average Bonchev–Trinajstić information content (AvgIpc) is 3.26. The highest BCUT2D eigenvalue weighted by molar-refractivity contribution is 5.99. The lowest BCUT2D eigenvalue weighted by molar-refractivity contribution is -0.143. The van der Waals surface area contributed by atoms with Crippen molar-refractivity contribution in [2.45, 2.75) is 126 Å². The second-order valence-corrected chi connectivity index (χ2v) is 15.9. The van der Waals surface area contributed by atoms with E-state index in [1.54, 1.807) is 13.8 Å². The fraction of sp³-hybridized carbons (Fsp3) is 0.711. The van der Waals surface area contributed by atoms with Crippen LogP contribution in [-0.2, 0) is 47.9 Å². The minimum atomic E-state index is -1.96. The zero-order valence-electron chi connectivity index (χ0n) is 38.1. The lowest BCUT2D eigenvalue weighted by Crippen LogP contribution is -2.62. The topological polar surface area (TPSA) is 531 Å². The van der Waals surface area contributed by atoms with Crippen LogP contribution in [0.15, 0.2) is 4.99 Å². The van der Waals surface area contributed by atoms with Gasteiger partial charge in [-0.3, -0.25) is 48.1 Å². The minimum Gasteiger partial charge on any atom is -0.480 e. The number of aliphatic hydroxyl groups excluding tert-OH is 5. The molecule has 0 spiro atoms. The summed E-state index contributed by atoms with van der Waals surface area (Å²) >= 11 is 0. The van der Waals surface area contributed by atoms with Crippen LogP contribution in [0.2, 0.25) is 0 Å². The number of aliphatic imine (C=N–C) groups is 1. The quantitative estimate of drug-likeness (QED) is 0.0162. The van der Waals surface area contributed by atoms with E-state index in [2.05, 4.69) is 47.5 Å². The number of unbranched alkanes of at least 4 members (excludes halogenated alkanes) is 1. The Morgan fingerprint density at radius 1 is 0.515 bits per heavy atom. The molecule has 9 amide bonds. The number of nitrogens with two attached hydrogens (primary N) is 5. The van der Waals surface area contributed by atoms with Gasteiger partial charge in [-0.15, -0.1) is 0 Å². The van der Waals surface area contributed by atoms with Crippen LogP contribution >= 0.6 is 0 Å². The molecule has 0 aliphatic rings. The molecule has 0 aromatic heterocycles. The molecule has 0 bridgehead atoms. The summed E-state index contributed by atoms with van der Waals surface area (Å²) in [6, 6.07) is -15.0. The molecule has 0 aromatic rings. The molecule has 30 heteroatoms. The number of carboxylic acid groups (broad SMARTS) is 1. The van der Waals surface area contributed by atoms with Crippen molar-refractivity contribution in [3.05, 3.63) is 0 Å². The molecule has 10 atom stereocenters. The molecule has 0 rings (SSSR count). The third-order valence-electron chi connectivity index (χ3n) is 9.56. The van der Waals surface area contributed by atoms with Gasteiger partial charge in [0.2, 0.25) is 53.2 Å². The van der Waals surface area contributed by atoms with Gasteiger partial charge in [-0.2, -0.15) is 0 Å². The van der Waals surface area contributed by atoms with Crippen molar-refractivity contribution in [2.24, 2.45) is 39.6 Å². The number of nitrogens with zero attached hydrogens (tertiary/aromatic N) is 1. The van der Waals surface area contributed by atoms with Crippen LogP contribution in [0, 0.1) is 5.92 Å². The van der Waals surface area contributed by atoms with Gasteiger partial charge in [-0.25, -0.2) is 4.79 Å². The number of nitrogens with one attached hydrogen (secondary N) is 8. The molecule has 0 saturated heterocycles. The average molecular weight is 979 g/mol. The molecule has 0 aliphatic carbocycles. The Morgan fingerprint density at radius 2 is 0.912 bits per heavy atom. The predicted octanol–water partition coefficient (Wildman–Crippen LogP) is -10.3. The second-order valence-electron chi connectivity index (χ2n) is 15.9. The molecule has 0 fully saturated rings. The molecule has 24 N–H and O–H groups in total. The van der Waals surface area contributed by atoms with Gasteiger partial charge in [0, 0.05) is 6.54 Å². The predicted molar refractivity (Wildman–Crippen MR) is 237 cm³/mol. The molecule has 0 aromatic carbocycles. The summed E-state index contributed by atoms with van der Waals surface area (Å²) in [6.07, 6.45) is -2.23. The first-order valence-corrected chi connectivity index (χ1v) is 21.4. The van der Waals surface area contributed by atoms with Gasteiger partial charge in [-0.1, -0.05) is 13.8 Å². The summed E-state index contributed by atoms with van der Waals surface area (Å²) in [5.74, 6) is -12.2. The number of guanidine groups is 1. The summed E-state index contributed by atoms with van der Waals surface area (Å²) < 4.78 is 0. The Kier molecular flexibility index (Phi) is 29.4. The maximum absolute atomic E-state index is 13.7. The molecule has 68 heavy (non-hydrogen) atoms. The number of carbonyl (C=O) groups is 10. The summed E-state index contributed by atoms with van der Waals surface area (Å²) in [7, 11) is 0. The van der Waals surface area contributed by atoms with Crippen LogP contribution in [0.25, 0.3) is 0 Å². The second kappa shape index (κ2) is 32.4.